The van der Waals surface area contributed by atoms with Gasteiger partial charge in [-0.2, -0.15) is 0 Å². The molecular formula is C7H12N2O2. The quantitative estimate of drug-likeness (QED) is 0.562. The zero-order valence-corrected chi connectivity index (χ0v) is 6.16. The lowest BCUT2D eigenvalue weighted by molar-refractivity contribution is 0.241. The van der Waals surface area contributed by atoms with E-state index in [2.05, 4.69) is 0 Å². The van der Waals surface area contributed by atoms with Crippen molar-refractivity contribution in [3.05, 3.63) is 23.7 Å². The van der Waals surface area contributed by atoms with E-state index in [1.807, 2.05) is 0 Å². The van der Waals surface area contributed by atoms with Crippen molar-refractivity contribution in [2.75, 3.05) is 6.54 Å². The minimum atomic E-state index is -0.268. The van der Waals surface area contributed by atoms with Gasteiger partial charge in [-0.25, -0.2) is 0 Å². The molecule has 0 fully saturated rings. The number of rotatable bonds is 3. The lowest BCUT2D eigenvalue weighted by atomic mass is 10.2. The van der Waals surface area contributed by atoms with Crippen molar-refractivity contribution in [2.24, 2.45) is 11.5 Å². The van der Waals surface area contributed by atoms with E-state index in [0.29, 0.717) is 18.1 Å². The van der Waals surface area contributed by atoms with E-state index in [4.69, 9.17) is 21.0 Å². The van der Waals surface area contributed by atoms with Gasteiger partial charge in [-0.05, 0) is 12.1 Å². The summed E-state index contributed by atoms with van der Waals surface area (Å²) in [6, 6.07) is 3.14. The summed E-state index contributed by atoms with van der Waals surface area (Å²) in [5.74, 6) is 1.14. The minimum absolute atomic E-state index is 0.0999. The van der Waals surface area contributed by atoms with Crippen molar-refractivity contribution in [1.82, 2.24) is 0 Å². The van der Waals surface area contributed by atoms with Crippen LogP contribution in [0.15, 0.2) is 16.5 Å². The molecule has 0 aliphatic rings. The molecule has 0 aliphatic heterocycles. The highest BCUT2D eigenvalue weighted by Gasteiger charge is 2.07. The molecule has 62 valence electrons. The Labute approximate surface area is 64.8 Å². The lowest BCUT2D eigenvalue weighted by Crippen LogP contribution is -2.19. The Morgan fingerprint density at radius 1 is 1.55 bits per heavy atom. The molecule has 4 heteroatoms. The van der Waals surface area contributed by atoms with Crippen molar-refractivity contribution in [1.29, 1.82) is 0 Å². The van der Waals surface area contributed by atoms with E-state index in [9.17, 15) is 0 Å². The number of aliphatic hydroxyl groups excluding tert-OH is 1. The Morgan fingerprint density at radius 3 is 2.73 bits per heavy atom. The van der Waals surface area contributed by atoms with Crippen LogP contribution in [0.25, 0.3) is 0 Å². The molecule has 4 nitrogen and oxygen atoms in total. The van der Waals surface area contributed by atoms with E-state index >= 15 is 0 Å². The first-order valence-corrected chi connectivity index (χ1v) is 3.43. The van der Waals surface area contributed by atoms with Crippen molar-refractivity contribution >= 4 is 0 Å². The molecule has 0 spiro atoms. The van der Waals surface area contributed by atoms with Gasteiger partial charge < -0.3 is 21.0 Å². The van der Waals surface area contributed by atoms with Gasteiger partial charge in [-0.1, -0.05) is 0 Å². The fourth-order valence-electron chi connectivity index (χ4n) is 0.795. The number of hydrogen-bond acceptors (Lipinski definition) is 4. The molecule has 0 radical (unpaired) electrons. The first-order valence-electron chi connectivity index (χ1n) is 3.43. The first kappa shape index (κ1) is 8.26. The zero-order valence-electron chi connectivity index (χ0n) is 6.16. The average molecular weight is 156 g/mol. The Morgan fingerprint density at radius 2 is 2.27 bits per heavy atom. The molecule has 0 unspecified atom stereocenters. The number of furan rings is 1. The van der Waals surface area contributed by atoms with Gasteiger partial charge in [-0.3, -0.25) is 0 Å². The molecule has 1 aromatic heterocycles. The maximum atomic E-state index is 8.64. The number of hydrogen-bond donors (Lipinski definition) is 3. The Hall–Kier alpha value is -0.840. The van der Waals surface area contributed by atoms with Gasteiger partial charge in [0.1, 0.15) is 18.1 Å². The molecule has 1 rings (SSSR count). The number of nitrogens with two attached hydrogens (primary N) is 2. The van der Waals surface area contributed by atoms with Crippen LogP contribution in [0, 0.1) is 0 Å². The van der Waals surface area contributed by atoms with Crippen molar-refractivity contribution in [3.8, 4) is 0 Å². The summed E-state index contributed by atoms with van der Waals surface area (Å²) < 4.78 is 5.13. The van der Waals surface area contributed by atoms with Crippen LogP contribution in [-0.4, -0.2) is 11.7 Å². The average Bonchev–Trinajstić information content (AvgIpc) is 2.50. The second-order valence-corrected chi connectivity index (χ2v) is 2.30. The van der Waals surface area contributed by atoms with E-state index in [0.717, 1.165) is 0 Å². The summed E-state index contributed by atoms with van der Waals surface area (Å²) in [5, 5.41) is 8.64. The fraction of sp³-hybridized carbons (Fsp3) is 0.429. The highest BCUT2D eigenvalue weighted by atomic mass is 16.4. The molecule has 5 N–H and O–H groups in total. The minimum Gasteiger partial charge on any atom is -0.462 e. The maximum Gasteiger partial charge on any atom is 0.129 e. The summed E-state index contributed by atoms with van der Waals surface area (Å²) in [7, 11) is 0. The van der Waals surface area contributed by atoms with Crippen molar-refractivity contribution in [2.45, 2.75) is 12.6 Å². The second kappa shape index (κ2) is 3.52. The smallest absolute Gasteiger partial charge is 0.129 e. The molecule has 0 amide bonds. The molecule has 0 aromatic carbocycles. The van der Waals surface area contributed by atoms with E-state index < -0.39 is 0 Å². The molecule has 1 atom stereocenters. The standard InChI is InChI=1S/C7H12N2O2/c8-3-6(9)7-2-1-5(4-10)11-7/h1-2,6,10H,3-4,8-9H2/t6-/m1/s1. The molecular weight excluding hydrogens is 144 g/mol. The predicted octanol–water partition coefficient (Wildman–Crippen LogP) is -0.270. The van der Waals surface area contributed by atoms with E-state index in [1.54, 1.807) is 12.1 Å². The molecule has 0 bridgehead atoms. The first-order chi connectivity index (χ1) is 5.27. The van der Waals surface area contributed by atoms with Crippen LogP contribution >= 0.6 is 0 Å². The largest absolute Gasteiger partial charge is 0.462 e. The SMILES string of the molecule is NC[C@@H](N)c1ccc(CO)o1. The third-order valence-electron chi connectivity index (χ3n) is 1.46. The van der Waals surface area contributed by atoms with Crippen LogP contribution in [0.2, 0.25) is 0 Å². The van der Waals surface area contributed by atoms with Crippen molar-refractivity contribution < 1.29 is 9.52 Å². The lowest BCUT2D eigenvalue weighted by Gasteiger charge is -2.02. The summed E-state index contributed by atoms with van der Waals surface area (Å²) in [6.45, 7) is 0.246. The molecule has 0 saturated carbocycles. The third kappa shape index (κ3) is 1.80. The summed E-state index contributed by atoms with van der Waals surface area (Å²) in [4.78, 5) is 0. The molecule has 0 aliphatic carbocycles. The third-order valence-corrected chi connectivity index (χ3v) is 1.46. The maximum absolute atomic E-state index is 8.64. The molecule has 1 aromatic rings. The monoisotopic (exact) mass is 156 g/mol. The van der Waals surface area contributed by atoms with Gasteiger partial charge in [0.25, 0.3) is 0 Å². The normalized spacial score (nSPS) is 13.4. The predicted molar refractivity (Wildman–Crippen MR) is 40.6 cm³/mol. The Balaban J connectivity index is 2.71. The van der Waals surface area contributed by atoms with Crippen LogP contribution in [0.3, 0.4) is 0 Å². The Kier molecular flexibility index (Phi) is 2.64. The van der Waals surface area contributed by atoms with Gasteiger partial charge in [-0.15, -0.1) is 0 Å². The van der Waals surface area contributed by atoms with E-state index in [-0.39, 0.29) is 12.6 Å². The van der Waals surface area contributed by atoms with Crippen molar-refractivity contribution in [3.63, 3.8) is 0 Å². The highest BCUT2D eigenvalue weighted by molar-refractivity contribution is 5.09. The van der Waals surface area contributed by atoms with Gasteiger partial charge in [0.15, 0.2) is 0 Å². The van der Waals surface area contributed by atoms with Crippen LogP contribution in [-0.2, 0) is 6.61 Å². The van der Waals surface area contributed by atoms with Gasteiger partial charge in [0, 0.05) is 6.54 Å². The molecule has 11 heavy (non-hydrogen) atoms. The highest BCUT2D eigenvalue weighted by Crippen LogP contribution is 2.13. The summed E-state index contributed by atoms with van der Waals surface area (Å²) in [6.07, 6.45) is 0. The van der Waals surface area contributed by atoms with E-state index in [1.165, 1.54) is 0 Å². The molecule has 0 saturated heterocycles. The van der Waals surface area contributed by atoms with Gasteiger partial charge in [0.05, 0.1) is 6.04 Å². The zero-order chi connectivity index (χ0) is 8.27. The van der Waals surface area contributed by atoms with Crippen LogP contribution in [0.5, 0.6) is 0 Å². The van der Waals surface area contributed by atoms with Crippen LogP contribution in [0.4, 0.5) is 0 Å². The van der Waals surface area contributed by atoms with Crippen LogP contribution in [0.1, 0.15) is 17.6 Å². The fourth-order valence-corrected chi connectivity index (χ4v) is 0.795. The molecule has 1 heterocycles. The second-order valence-electron chi connectivity index (χ2n) is 2.30. The summed E-state index contributed by atoms with van der Waals surface area (Å²) in [5.41, 5.74) is 10.9. The van der Waals surface area contributed by atoms with Crippen LogP contribution < -0.4 is 11.5 Å². The summed E-state index contributed by atoms with van der Waals surface area (Å²) >= 11 is 0. The van der Waals surface area contributed by atoms with Gasteiger partial charge in [0.2, 0.25) is 0 Å². The van der Waals surface area contributed by atoms with Gasteiger partial charge >= 0.3 is 0 Å². The topological polar surface area (TPSA) is 85.4 Å². The number of aliphatic hydroxyl groups is 1. The Bertz CT molecular complexity index is 222.